The summed E-state index contributed by atoms with van der Waals surface area (Å²) in [5.74, 6) is 0.121. The Kier molecular flexibility index (Phi) is 7.12. The Hall–Kier alpha value is -2.30. The van der Waals surface area contributed by atoms with E-state index in [1.165, 1.54) is 17.8 Å². The van der Waals surface area contributed by atoms with Gasteiger partial charge in [0.25, 0.3) is 0 Å². The summed E-state index contributed by atoms with van der Waals surface area (Å²) in [6.45, 7) is 2.03. The summed E-state index contributed by atoms with van der Waals surface area (Å²) in [6.07, 6.45) is 0. The molecule has 0 aliphatic heterocycles. The molecule has 0 unspecified atom stereocenters. The van der Waals surface area contributed by atoms with Crippen LogP contribution in [0.4, 0.5) is 4.39 Å². The molecule has 1 amide bonds. The molecule has 1 N–H and O–H groups in total. The van der Waals surface area contributed by atoms with Gasteiger partial charge in [-0.05, 0) is 35.7 Å². The molecule has 0 saturated carbocycles. The summed E-state index contributed by atoms with van der Waals surface area (Å²) in [6, 6.07) is 22.3. The molecule has 0 spiro atoms. The van der Waals surface area contributed by atoms with Gasteiger partial charge in [-0.1, -0.05) is 72.3 Å². The van der Waals surface area contributed by atoms with Crippen molar-refractivity contribution in [1.82, 2.24) is 5.32 Å². The summed E-state index contributed by atoms with van der Waals surface area (Å²) >= 11 is 7.40. The van der Waals surface area contributed by atoms with Gasteiger partial charge in [-0.25, -0.2) is 4.39 Å². The molecular formula is C23H21ClFNOS. The minimum Gasteiger partial charge on any atom is -0.344 e. The van der Waals surface area contributed by atoms with E-state index in [2.05, 4.69) is 5.32 Å². The van der Waals surface area contributed by atoms with E-state index in [0.717, 1.165) is 16.7 Å². The average Bonchev–Trinajstić information content (AvgIpc) is 2.70. The number of rotatable bonds is 7. The molecule has 0 aliphatic carbocycles. The van der Waals surface area contributed by atoms with Gasteiger partial charge in [0.1, 0.15) is 5.82 Å². The number of halogens is 2. The minimum absolute atomic E-state index is 0.102. The quantitative estimate of drug-likeness (QED) is 0.520. The lowest BCUT2D eigenvalue weighted by Gasteiger charge is -2.21. The lowest BCUT2D eigenvalue weighted by molar-refractivity contribution is -0.119. The van der Waals surface area contributed by atoms with Crippen molar-refractivity contribution in [2.45, 2.75) is 18.7 Å². The molecule has 0 saturated heterocycles. The molecule has 0 aromatic heterocycles. The fourth-order valence-electron chi connectivity index (χ4n) is 3.02. The van der Waals surface area contributed by atoms with Gasteiger partial charge in [-0.15, -0.1) is 11.8 Å². The number of hydrogen-bond donors (Lipinski definition) is 1. The van der Waals surface area contributed by atoms with Crippen molar-refractivity contribution in [3.05, 3.63) is 106 Å². The summed E-state index contributed by atoms with van der Waals surface area (Å²) < 4.78 is 13.9. The van der Waals surface area contributed by atoms with Gasteiger partial charge in [0.15, 0.2) is 0 Å². The molecule has 5 heteroatoms. The van der Waals surface area contributed by atoms with Crippen LogP contribution in [0.2, 0.25) is 5.02 Å². The van der Waals surface area contributed by atoms with E-state index in [1.807, 2.05) is 61.5 Å². The van der Waals surface area contributed by atoms with Crippen LogP contribution in [-0.4, -0.2) is 11.7 Å². The van der Waals surface area contributed by atoms with Gasteiger partial charge in [0.2, 0.25) is 5.91 Å². The highest BCUT2D eigenvalue weighted by Gasteiger charge is 2.18. The maximum absolute atomic E-state index is 13.9. The molecule has 0 aliphatic rings. The molecule has 3 aromatic carbocycles. The Labute approximate surface area is 174 Å². The van der Waals surface area contributed by atoms with Gasteiger partial charge < -0.3 is 5.32 Å². The van der Waals surface area contributed by atoms with Crippen molar-refractivity contribution >= 4 is 29.3 Å². The number of amides is 1. The molecule has 3 rings (SSSR count). The molecule has 0 radical (unpaired) electrons. The highest BCUT2D eigenvalue weighted by molar-refractivity contribution is 7.99. The second-order valence-electron chi connectivity index (χ2n) is 6.46. The molecule has 1 atom stereocenters. The first-order valence-electron chi connectivity index (χ1n) is 8.96. The minimum atomic E-state index is -0.345. The molecule has 0 fully saturated rings. The van der Waals surface area contributed by atoms with Crippen LogP contribution in [0.5, 0.6) is 0 Å². The maximum atomic E-state index is 13.9. The number of hydrogen-bond acceptors (Lipinski definition) is 2. The summed E-state index contributed by atoms with van der Waals surface area (Å²) in [5.41, 5.74) is 3.62. The van der Waals surface area contributed by atoms with Crippen LogP contribution in [0.3, 0.4) is 0 Å². The Bertz CT molecular complexity index is 928. The third kappa shape index (κ3) is 5.15. The molecule has 2 nitrogen and oxygen atoms in total. The second-order valence-corrected chi connectivity index (χ2v) is 7.85. The van der Waals surface area contributed by atoms with Crippen LogP contribution in [0.25, 0.3) is 0 Å². The third-order valence-corrected chi connectivity index (χ3v) is 5.79. The smallest absolute Gasteiger partial charge is 0.230 e. The molecule has 144 valence electrons. The van der Waals surface area contributed by atoms with E-state index in [0.29, 0.717) is 16.3 Å². The second kappa shape index (κ2) is 9.76. The van der Waals surface area contributed by atoms with Gasteiger partial charge in [-0.2, -0.15) is 0 Å². The standard InChI is InChI=1S/C23H21ClFNOS/c1-16-8-5-6-11-18(16)23(17-9-3-2-4-10-17)26-22(27)15-28-14-19-20(24)12-7-13-21(19)25/h2-13,23H,14-15H2,1H3,(H,26,27)/t23-/m1/s1. The summed E-state index contributed by atoms with van der Waals surface area (Å²) in [7, 11) is 0. The van der Waals surface area contributed by atoms with E-state index in [9.17, 15) is 9.18 Å². The Morgan fingerprint density at radius 2 is 1.75 bits per heavy atom. The molecule has 28 heavy (non-hydrogen) atoms. The van der Waals surface area contributed by atoms with Crippen LogP contribution < -0.4 is 5.32 Å². The Balaban J connectivity index is 1.69. The van der Waals surface area contributed by atoms with Crippen molar-refractivity contribution in [2.24, 2.45) is 0 Å². The van der Waals surface area contributed by atoms with E-state index in [-0.39, 0.29) is 23.5 Å². The summed E-state index contributed by atoms with van der Waals surface area (Å²) in [4.78, 5) is 12.6. The van der Waals surface area contributed by atoms with Gasteiger partial charge in [0, 0.05) is 16.3 Å². The molecular weight excluding hydrogens is 393 g/mol. The predicted octanol–water partition coefficient (Wildman–Crippen LogP) is 5.93. The Morgan fingerprint density at radius 1 is 1.04 bits per heavy atom. The zero-order chi connectivity index (χ0) is 19.9. The van der Waals surface area contributed by atoms with Crippen LogP contribution in [0, 0.1) is 12.7 Å². The number of nitrogens with one attached hydrogen (secondary N) is 1. The Morgan fingerprint density at radius 3 is 2.46 bits per heavy atom. The molecule has 0 heterocycles. The van der Waals surface area contributed by atoms with Crippen LogP contribution in [0.15, 0.2) is 72.8 Å². The van der Waals surface area contributed by atoms with E-state index < -0.39 is 0 Å². The predicted molar refractivity (Wildman–Crippen MR) is 115 cm³/mol. The number of carbonyl (C=O) groups is 1. The first-order valence-corrected chi connectivity index (χ1v) is 10.5. The van der Waals surface area contributed by atoms with Crippen LogP contribution in [-0.2, 0) is 10.5 Å². The first-order chi connectivity index (χ1) is 13.6. The van der Waals surface area contributed by atoms with Crippen molar-refractivity contribution in [2.75, 3.05) is 5.75 Å². The van der Waals surface area contributed by atoms with Gasteiger partial charge >= 0.3 is 0 Å². The van der Waals surface area contributed by atoms with Crippen molar-refractivity contribution in [3.63, 3.8) is 0 Å². The van der Waals surface area contributed by atoms with E-state index in [1.54, 1.807) is 12.1 Å². The fourth-order valence-corrected chi connectivity index (χ4v) is 4.19. The summed E-state index contributed by atoms with van der Waals surface area (Å²) in [5, 5.41) is 3.50. The monoisotopic (exact) mass is 413 g/mol. The average molecular weight is 414 g/mol. The van der Waals surface area contributed by atoms with Gasteiger partial charge in [-0.3, -0.25) is 4.79 Å². The number of benzene rings is 3. The number of carbonyl (C=O) groups excluding carboxylic acids is 1. The van der Waals surface area contributed by atoms with Crippen LogP contribution in [0.1, 0.15) is 28.3 Å². The highest BCUT2D eigenvalue weighted by atomic mass is 35.5. The topological polar surface area (TPSA) is 29.1 Å². The lowest BCUT2D eigenvalue weighted by Crippen LogP contribution is -2.31. The van der Waals surface area contributed by atoms with Crippen molar-refractivity contribution in [1.29, 1.82) is 0 Å². The number of aryl methyl sites for hydroxylation is 1. The lowest BCUT2D eigenvalue weighted by atomic mass is 9.95. The fraction of sp³-hybridized carbons (Fsp3) is 0.174. The zero-order valence-electron chi connectivity index (χ0n) is 15.5. The largest absolute Gasteiger partial charge is 0.344 e. The van der Waals surface area contributed by atoms with E-state index in [4.69, 9.17) is 11.6 Å². The highest BCUT2D eigenvalue weighted by Crippen LogP contribution is 2.26. The maximum Gasteiger partial charge on any atom is 0.230 e. The first kappa shape index (κ1) is 20.4. The van der Waals surface area contributed by atoms with E-state index >= 15 is 0 Å². The SMILES string of the molecule is Cc1ccccc1[C@H](NC(=O)CSCc1c(F)cccc1Cl)c1ccccc1. The normalized spacial score (nSPS) is 11.8. The zero-order valence-corrected chi connectivity index (χ0v) is 17.1. The third-order valence-electron chi connectivity index (χ3n) is 4.48. The van der Waals surface area contributed by atoms with Crippen molar-refractivity contribution in [3.8, 4) is 0 Å². The number of thioether (sulfide) groups is 1. The molecule has 0 bridgehead atoms. The molecule has 3 aromatic rings. The van der Waals surface area contributed by atoms with Crippen molar-refractivity contribution < 1.29 is 9.18 Å². The van der Waals surface area contributed by atoms with Crippen LogP contribution >= 0.6 is 23.4 Å². The van der Waals surface area contributed by atoms with Gasteiger partial charge in [0.05, 0.1) is 11.8 Å².